The summed E-state index contributed by atoms with van der Waals surface area (Å²) in [6, 6.07) is 16.1. The quantitative estimate of drug-likeness (QED) is 0.618. The van der Waals surface area contributed by atoms with Crippen LogP contribution in [0, 0.1) is 12.7 Å². The Bertz CT molecular complexity index is 1290. The van der Waals surface area contributed by atoms with Crippen LogP contribution in [0.4, 0.5) is 15.8 Å². The number of aryl methyl sites for hydroxylation is 1. The fraction of sp³-hybridized carbons (Fsp3) is 0.208. The highest BCUT2D eigenvalue weighted by Crippen LogP contribution is 2.43. The van der Waals surface area contributed by atoms with Crippen LogP contribution in [0.15, 0.2) is 65.6 Å². The molecule has 1 aliphatic heterocycles. The summed E-state index contributed by atoms with van der Waals surface area (Å²) in [5.74, 6) is -0.752. The minimum Gasteiger partial charge on any atom is -0.324 e. The summed E-state index contributed by atoms with van der Waals surface area (Å²) >= 11 is 0. The van der Waals surface area contributed by atoms with Crippen LogP contribution in [-0.2, 0) is 14.8 Å². The highest BCUT2D eigenvalue weighted by molar-refractivity contribution is 7.93. The van der Waals surface area contributed by atoms with Crippen molar-refractivity contribution in [3.05, 3.63) is 77.6 Å². The molecule has 0 radical (unpaired) electrons. The van der Waals surface area contributed by atoms with Crippen LogP contribution in [0.1, 0.15) is 30.9 Å². The van der Waals surface area contributed by atoms with E-state index in [1.807, 2.05) is 39.0 Å². The van der Waals surface area contributed by atoms with E-state index in [-0.39, 0.29) is 16.5 Å². The van der Waals surface area contributed by atoms with E-state index in [0.717, 1.165) is 15.4 Å². The molecule has 0 unspecified atom stereocenters. The maximum Gasteiger partial charge on any atom is 0.265 e. The second-order valence-corrected chi connectivity index (χ2v) is 9.74. The van der Waals surface area contributed by atoms with Crippen LogP contribution >= 0.6 is 0 Å². The Balaban J connectivity index is 1.74. The van der Waals surface area contributed by atoms with E-state index in [1.54, 1.807) is 18.2 Å². The number of hydrogen-bond acceptors (Lipinski definition) is 3. The van der Waals surface area contributed by atoms with E-state index in [1.165, 1.54) is 24.3 Å². The SMILES string of the molecule is Cc1cccc(C(C)C)c1NC(=O)CN1c2ccc(F)cc2-c2ccccc2S1(=O)=O. The standard InChI is InChI=1S/C24H23FN2O3S/c1-15(2)18-9-6-7-16(3)24(18)26-23(28)14-27-21-12-11-17(25)13-20(21)19-8-4-5-10-22(19)31(27,29)30/h4-13,15H,14H2,1-3H3,(H,26,28). The summed E-state index contributed by atoms with van der Waals surface area (Å²) in [6.45, 7) is 5.54. The van der Waals surface area contributed by atoms with Crippen molar-refractivity contribution >= 4 is 27.3 Å². The van der Waals surface area contributed by atoms with Crippen molar-refractivity contribution in [3.63, 3.8) is 0 Å². The summed E-state index contributed by atoms with van der Waals surface area (Å²) in [5, 5.41) is 2.89. The molecule has 160 valence electrons. The Morgan fingerprint density at radius 2 is 1.77 bits per heavy atom. The molecule has 0 bridgehead atoms. The van der Waals surface area contributed by atoms with Gasteiger partial charge in [-0.2, -0.15) is 0 Å². The number of halogens is 1. The van der Waals surface area contributed by atoms with Gasteiger partial charge in [0.25, 0.3) is 10.0 Å². The lowest BCUT2D eigenvalue weighted by molar-refractivity contribution is -0.114. The maximum absolute atomic E-state index is 14.0. The van der Waals surface area contributed by atoms with Gasteiger partial charge in [0.2, 0.25) is 5.91 Å². The van der Waals surface area contributed by atoms with Gasteiger partial charge in [0.15, 0.2) is 0 Å². The minimum atomic E-state index is -3.98. The number of hydrogen-bond donors (Lipinski definition) is 1. The van der Waals surface area contributed by atoms with Crippen molar-refractivity contribution in [1.29, 1.82) is 0 Å². The number of fused-ring (bicyclic) bond motifs is 3. The summed E-state index contributed by atoms with van der Waals surface area (Å²) in [7, 11) is -3.98. The Labute approximate surface area is 181 Å². The van der Waals surface area contributed by atoms with E-state index in [4.69, 9.17) is 0 Å². The van der Waals surface area contributed by atoms with Crippen molar-refractivity contribution in [2.24, 2.45) is 0 Å². The number of rotatable bonds is 4. The van der Waals surface area contributed by atoms with Gasteiger partial charge in [0.05, 0.1) is 10.6 Å². The second kappa shape index (κ2) is 7.81. The molecule has 0 aromatic heterocycles. The molecule has 1 N–H and O–H groups in total. The predicted octanol–water partition coefficient (Wildman–Crippen LogP) is 5.07. The summed E-state index contributed by atoms with van der Waals surface area (Å²) in [5.41, 5.74) is 3.71. The Morgan fingerprint density at radius 1 is 1.03 bits per heavy atom. The molecule has 0 fully saturated rings. The second-order valence-electron chi connectivity index (χ2n) is 7.91. The zero-order valence-corrected chi connectivity index (χ0v) is 18.3. The zero-order valence-electron chi connectivity index (χ0n) is 17.5. The van der Waals surface area contributed by atoms with Crippen LogP contribution < -0.4 is 9.62 Å². The predicted molar refractivity (Wildman–Crippen MR) is 120 cm³/mol. The molecule has 31 heavy (non-hydrogen) atoms. The molecule has 7 heteroatoms. The van der Waals surface area contributed by atoms with E-state index < -0.39 is 28.3 Å². The fourth-order valence-electron chi connectivity index (χ4n) is 3.93. The van der Waals surface area contributed by atoms with Crippen molar-refractivity contribution in [1.82, 2.24) is 0 Å². The molecule has 0 saturated heterocycles. The summed E-state index contributed by atoms with van der Waals surface area (Å²) in [6.07, 6.45) is 0. The largest absolute Gasteiger partial charge is 0.324 e. The normalized spacial score (nSPS) is 14.2. The smallest absolute Gasteiger partial charge is 0.265 e. The lowest BCUT2D eigenvalue weighted by Crippen LogP contribution is -2.40. The number of amides is 1. The first-order valence-corrected chi connectivity index (χ1v) is 11.4. The van der Waals surface area contributed by atoms with Crippen molar-refractivity contribution < 1.29 is 17.6 Å². The third-order valence-electron chi connectivity index (χ3n) is 5.45. The molecule has 0 saturated carbocycles. The molecule has 5 nitrogen and oxygen atoms in total. The Morgan fingerprint density at radius 3 is 2.52 bits per heavy atom. The Kier molecular flexibility index (Phi) is 5.31. The first-order valence-electron chi connectivity index (χ1n) is 10.0. The van der Waals surface area contributed by atoms with Gasteiger partial charge in [-0.25, -0.2) is 12.8 Å². The number of anilines is 2. The molecule has 1 heterocycles. The van der Waals surface area contributed by atoms with Crippen LogP contribution in [0.25, 0.3) is 11.1 Å². The van der Waals surface area contributed by atoms with Gasteiger partial charge in [-0.3, -0.25) is 9.10 Å². The van der Waals surface area contributed by atoms with Crippen molar-refractivity contribution in [3.8, 4) is 11.1 Å². The van der Waals surface area contributed by atoms with Gasteiger partial charge >= 0.3 is 0 Å². The molecule has 4 rings (SSSR count). The summed E-state index contributed by atoms with van der Waals surface area (Å²) in [4.78, 5) is 13.0. The molecular weight excluding hydrogens is 415 g/mol. The van der Waals surface area contributed by atoms with Crippen LogP contribution in [0.5, 0.6) is 0 Å². The van der Waals surface area contributed by atoms with Crippen LogP contribution in [-0.4, -0.2) is 20.9 Å². The lowest BCUT2D eigenvalue weighted by Gasteiger charge is -2.31. The first kappa shape index (κ1) is 21.1. The number of carbonyl (C=O) groups excluding carboxylic acids is 1. The summed E-state index contributed by atoms with van der Waals surface area (Å²) < 4.78 is 41.7. The van der Waals surface area contributed by atoms with E-state index in [2.05, 4.69) is 5.32 Å². The molecule has 3 aromatic rings. The van der Waals surface area contributed by atoms with Crippen molar-refractivity contribution in [2.45, 2.75) is 31.6 Å². The minimum absolute atomic E-state index is 0.0552. The molecule has 0 spiro atoms. The molecule has 0 aliphatic carbocycles. The number of nitrogens with one attached hydrogen (secondary N) is 1. The molecule has 3 aromatic carbocycles. The highest BCUT2D eigenvalue weighted by atomic mass is 32.2. The van der Waals surface area contributed by atoms with E-state index in [9.17, 15) is 17.6 Å². The van der Waals surface area contributed by atoms with Gasteiger partial charge < -0.3 is 5.32 Å². The van der Waals surface area contributed by atoms with Gasteiger partial charge in [-0.15, -0.1) is 0 Å². The number of benzene rings is 3. The number of para-hydroxylation sites is 1. The molecule has 0 atom stereocenters. The monoisotopic (exact) mass is 438 g/mol. The average molecular weight is 439 g/mol. The third-order valence-corrected chi connectivity index (χ3v) is 7.27. The fourth-order valence-corrected chi connectivity index (χ4v) is 5.57. The average Bonchev–Trinajstić information content (AvgIpc) is 2.72. The van der Waals surface area contributed by atoms with E-state index in [0.29, 0.717) is 16.8 Å². The van der Waals surface area contributed by atoms with Gasteiger partial charge in [0, 0.05) is 16.8 Å². The van der Waals surface area contributed by atoms with Gasteiger partial charge in [-0.05, 0) is 48.2 Å². The van der Waals surface area contributed by atoms with Gasteiger partial charge in [-0.1, -0.05) is 50.2 Å². The molecular formula is C24H23FN2O3S. The molecule has 1 amide bonds. The van der Waals surface area contributed by atoms with Crippen molar-refractivity contribution in [2.75, 3.05) is 16.2 Å². The maximum atomic E-state index is 14.0. The topological polar surface area (TPSA) is 66.5 Å². The Hall–Kier alpha value is -3.19. The lowest BCUT2D eigenvalue weighted by atomic mass is 9.98. The molecule has 1 aliphatic rings. The van der Waals surface area contributed by atoms with Crippen LogP contribution in [0.2, 0.25) is 0 Å². The number of sulfonamides is 1. The van der Waals surface area contributed by atoms with E-state index >= 15 is 0 Å². The highest BCUT2D eigenvalue weighted by Gasteiger charge is 2.36. The number of nitrogens with zero attached hydrogens (tertiary/aromatic N) is 1. The zero-order chi connectivity index (χ0) is 22.3. The number of carbonyl (C=O) groups is 1. The van der Waals surface area contributed by atoms with Crippen LogP contribution in [0.3, 0.4) is 0 Å². The first-order chi connectivity index (χ1) is 14.7. The third kappa shape index (κ3) is 3.70. The van der Waals surface area contributed by atoms with Gasteiger partial charge in [0.1, 0.15) is 12.4 Å².